The number of carbonyl (C=O) groups excluding carboxylic acids is 2. The first-order chi connectivity index (χ1) is 12.9. The molecule has 0 saturated carbocycles. The van der Waals surface area contributed by atoms with Crippen LogP contribution in [0.1, 0.15) is 19.4 Å². The highest BCUT2D eigenvalue weighted by molar-refractivity contribution is 6.06. The van der Waals surface area contributed by atoms with Gasteiger partial charge in [-0.3, -0.25) is 0 Å². The van der Waals surface area contributed by atoms with Crippen LogP contribution in [0.5, 0.6) is 0 Å². The molecule has 0 aliphatic carbocycles. The Morgan fingerprint density at radius 3 is 2.00 bits per heavy atom. The Morgan fingerprint density at radius 1 is 1.00 bits per heavy atom. The second-order valence-electron chi connectivity index (χ2n) is 5.45. The number of nitriles is 2. The number of carbonyl (C=O) groups is 2. The number of hydrogen-bond donors (Lipinski definition) is 0. The molecule has 0 bridgehead atoms. The molecule has 0 heterocycles. The minimum absolute atomic E-state index is 0.0869. The van der Waals surface area contributed by atoms with E-state index < -0.39 is 11.9 Å². The molecule has 27 heavy (non-hydrogen) atoms. The third-order valence-electron chi connectivity index (χ3n) is 3.46. The number of ether oxygens (including phenoxy) is 2. The van der Waals surface area contributed by atoms with Crippen LogP contribution in [0.25, 0.3) is 5.57 Å². The number of esters is 2. The van der Waals surface area contributed by atoms with Crippen LogP contribution in [0.3, 0.4) is 0 Å². The molecule has 0 unspecified atom stereocenters. The summed E-state index contributed by atoms with van der Waals surface area (Å²) in [5.41, 5.74) is 0.891. The predicted molar refractivity (Wildman–Crippen MR) is 100 cm³/mol. The highest BCUT2D eigenvalue weighted by Gasteiger charge is 2.20. The number of hydrogen-bond acceptors (Lipinski definition) is 7. The maximum Gasteiger partial charge on any atom is 0.349 e. The van der Waals surface area contributed by atoms with Crippen LogP contribution in [0.2, 0.25) is 0 Å². The summed E-state index contributed by atoms with van der Waals surface area (Å²) < 4.78 is 9.77. The van der Waals surface area contributed by atoms with Gasteiger partial charge in [0.15, 0.2) is 0 Å². The Kier molecular flexibility index (Phi) is 8.28. The number of allylic oxidation sites excluding steroid dienone is 2. The van der Waals surface area contributed by atoms with Crippen molar-refractivity contribution in [3.05, 3.63) is 47.1 Å². The van der Waals surface area contributed by atoms with Gasteiger partial charge in [-0.15, -0.1) is 0 Å². The van der Waals surface area contributed by atoms with E-state index in [4.69, 9.17) is 9.47 Å². The lowest BCUT2D eigenvalue weighted by molar-refractivity contribution is -0.139. The summed E-state index contributed by atoms with van der Waals surface area (Å²) in [7, 11) is 3.75. The average Bonchev–Trinajstić information content (AvgIpc) is 2.65. The maximum absolute atomic E-state index is 12.2. The summed E-state index contributed by atoms with van der Waals surface area (Å²) in [6.45, 7) is 3.41. The van der Waals surface area contributed by atoms with Crippen LogP contribution >= 0.6 is 0 Å². The second kappa shape index (κ2) is 10.4. The van der Waals surface area contributed by atoms with Crippen molar-refractivity contribution in [3.8, 4) is 12.1 Å². The predicted octanol–water partition coefficient (Wildman–Crippen LogP) is 2.61. The molecule has 0 saturated heterocycles. The average molecular weight is 367 g/mol. The van der Waals surface area contributed by atoms with Crippen LogP contribution in [0, 0.1) is 22.7 Å². The number of rotatable bonds is 7. The first-order valence-corrected chi connectivity index (χ1v) is 8.27. The number of benzene rings is 1. The second-order valence-corrected chi connectivity index (χ2v) is 5.45. The quantitative estimate of drug-likeness (QED) is 0.316. The van der Waals surface area contributed by atoms with E-state index in [1.54, 1.807) is 44.2 Å². The third kappa shape index (κ3) is 5.72. The molecule has 0 atom stereocenters. The van der Waals surface area contributed by atoms with E-state index in [0.717, 1.165) is 5.69 Å². The van der Waals surface area contributed by atoms with Gasteiger partial charge in [0.25, 0.3) is 0 Å². The van der Waals surface area contributed by atoms with Gasteiger partial charge in [0.1, 0.15) is 23.3 Å². The van der Waals surface area contributed by atoms with Crippen molar-refractivity contribution in [2.24, 2.45) is 0 Å². The van der Waals surface area contributed by atoms with E-state index in [1.807, 2.05) is 25.1 Å². The van der Waals surface area contributed by atoms with E-state index in [-0.39, 0.29) is 29.9 Å². The summed E-state index contributed by atoms with van der Waals surface area (Å²) in [5, 5.41) is 18.8. The van der Waals surface area contributed by atoms with Gasteiger partial charge in [0, 0.05) is 25.4 Å². The lowest BCUT2D eigenvalue weighted by Crippen LogP contribution is -2.11. The SMILES string of the molecule is CCOC(=O)/C(C#N)=C/C(=C(/C#N)C(=O)OCC)c1ccc(N(C)C)cc1. The summed E-state index contributed by atoms with van der Waals surface area (Å²) in [5.74, 6) is -1.66. The zero-order chi connectivity index (χ0) is 20.4. The van der Waals surface area contributed by atoms with E-state index in [1.165, 1.54) is 6.08 Å². The first-order valence-electron chi connectivity index (χ1n) is 8.27. The highest BCUT2D eigenvalue weighted by Crippen LogP contribution is 2.25. The summed E-state index contributed by atoms with van der Waals surface area (Å²) >= 11 is 0. The molecule has 0 spiro atoms. The van der Waals surface area contributed by atoms with Crippen LogP contribution in [0.15, 0.2) is 41.5 Å². The molecule has 0 amide bonds. The highest BCUT2D eigenvalue weighted by atomic mass is 16.5. The van der Waals surface area contributed by atoms with Crippen LogP contribution < -0.4 is 4.90 Å². The Bertz CT molecular complexity index is 837. The summed E-state index contributed by atoms with van der Waals surface area (Å²) in [6.07, 6.45) is 1.18. The fourth-order valence-corrected chi connectivity index (χ4v) is 2.15. The fourth-order valence-electron chi connectivity index (χ4n) is 2.15. The molecule has 7 nitrogen and oxygen atoms in total. The number of anilines is 1. The minimum atomic E-state index is -0.830. The molecule has 1 aromatic carbocycles. The first kappa shape index (κ1) is 21.5. The van der Waals surface area contributed by atoms with Gasteiger partial charge in [-0.05, 0) is 37.6 Å². The van der Waals surface area contributed by atoms with Crippen LogP contribution in [-0.2, 0) is 19.1 Å². The van der Waals surface area contributed by atoms with E-state index >= 15 is 0 Å². The molecule has 0 N–H and O–H groups in total. The molecule has 0 aromatic heterocycles. The Hall–Kier alpha value is -3.58. The van der Waals surface area contributed by atoms with Gasteiger partial charge in [-0.1, -0.05) is 12.1 Å². The molecule has 0 aliphatic heterocycles. The van der Waals surface area contributed by atoms with Crippen molar-refractivity contribution >= 4 is 23.2 Å². The monoisotopic (exact) mass is 367 g/mol. The van der Waals surface area contributed by atoms with Crippen LogP contribution in [0.4, 0.5) is 5.69 Å². The van der Waals surface area contributed by atoms with Gasteiger partial charge >= 0.3 is 11.9 Å². The molecule has 0 radical (unpaired) electrons. The molecular weight excluding hydrogens is 346 g/mol. The standard InChI is InChI=1S/C20H21N3O4/c1-5-26-19(24)15(12-21)11-17(18(13-22)20(25)27-6-2)14-7-9-16(10-8-14)23(3)4/h7-11H,5-6H2,1-4H3/b15-11+,18-17+. The summed E-state index contributed by atoms with van der Waals surface area (Å²) in [4.78, 5) is 26.0. The molecule has 1 rings (SSSR count). The van der Waals surface area contributed by atoms with Gasteiger partial charge in [-0.2, -0.15) is 10.5 Å². The van der Waals surface area contributed by atoms with E-state index in [9.17, 15) is 20.1 Å². The fraction of sp³-hybridized carbons (Fsp3) is 0.300. The van der Waals surface area contributed by atoms with Gasteiger partial charge < -0.3 is 14.4 Å². The van der Waals surface area contributed by atoms with Gasteiger partial charge in [0.2, 0.25) is 0 Å². The molecule has 1 aromatic rings. The maximum atomic E-state index is 12.2. The van der Waals surface area contributed by atoms with Crippen molar-refractivity contribution in [3.63, 3.8) is 0 Å². The minimum Gasteiger partial charge on any atom is -0.462 e. The Labute approximate surface area is 158 Å². The normalized spacial score (nSPS) is 11.6. The van der Waals surface area contributed by atoms with Crippen molar-refractivity contribution in [2.45, 2.75) is 13.8 Å². The van der Waals surface area contributed by atoms with Crippen molar-refractivity contribution in [1.29, 1.82) is 10.5 Å². The lowest BCUT2D eigenvalue weighted by atomic mass is 9.97. The van der Waals surface area contributed by atoms with Crippen LogP contribution in [-0.4, -0.2) is 39.2 Å². The van der Waals surface area contributed by atoms with E-state index in [2.05, 4.69) is 0 Å². The molecular formula is C20H21N3O4. The molecule has 0 fully saturated rings. The molecule has 0 aliphatic rings. The third-order valence-corrected chi connectivity index (χ3v) is 3.46. The molecule has 140 valence electrons. The molecule has 7 heteroatoms. The van der Waals surface area contributed by atoms with Crippen molar-refractivity contribution in [2.75, 3.05) is 32.2 Å². The zero-order valence-electron chi connectivity index (χ0n) is 15.8. The Morgan fingerprint density at radius 2 is 1.56 bits per heavy atom. The lowest BCUT2D eigenvalue weighted by Gasteiger charge is -2.14. The zero-order valence-corrected chi connectivity index (χ0v) is 15.8. The van der Waals surface area contributed by atoms with Gasteiger partial charge in [-0.25, -0.2) is 9.59 Å². The van der Waals surface area contributed by atoms with Crippen molar-refractivity contribution < 1.29 is 19.1 Å². The smallest absolute Gasteiger partial charge is 0.349 e. The topological polar surface area (TPSA) is 103 Å². The Balaban J connectivity index is 3.62. The van der Waals surface area contributed by atoms with E-state index in [0.29, 0.717) is 5.56 Å². The summed E-state index contributed by atoms with van der Waals surface area (Å²) in [6, 6.07) is 10.5. The van der Waals surface area contributed by atoms with Crippen molar-refractivity contribution in [1.82, 2.24) is 0 Å². The largest absolute Gasteiger partial charge is 0.462 e. The van der Waals surface area contributed by atoms with Gasteiger partial charge in [0.05, 0.1) is 13.2 Å². The number of nitrogens with zero attached hydrogens (tertiary/aromatic N) is 3.